The molecule has 6 nitrogen and oxygen atoms in total. The average Bonchev–Trinajstić information content (AvgIpc) is 2.37. The van der Waals surface area contributed by atoms with Crippen LogP contribution in [0.3, 0.4) is 0 Å². The molecule has 1 saturated carbocycles. The Kier molecular flexibility index (Phi) is 9.12. The van der Waals surface area contributed by atoms with Gasteiger partial charge in [-0.25, -0.2) is 0 Å². The Hall–Kier alpha value is -0.720. The van der Waals surface area contributed by atoms with Crippen molar-refractivity contribution >= 4 is 0 Å². The van der Waals surface area contributed by atoms with Crippen molar-refractivity contribution in [3.05, 3.63) is 10.1 Å². The van der Waals surface area contributed by atoms with Gasteiger partial charge in [-0.1, -0.05) is 27.7 Å². The highest BCUT2D eigenvalue weighted by atomic mass is 16.6. The second-order valence-corrected chi connectivity index (χ2v) is 7.62. The largest absolute Gasteiger partial charge is 0.400 e. The molecule has 1 rings (SSSR count). The van der Waals surface area contributed by atoms with Gasteiger partial charge < -0.3 is 15.2 Å². The fourth-order valence-electron chi connectivity index (χ4n) is 3.74. The van der Waals surface area contributed by atoms with Crippen LogP contribution >= 0.6 is 0 Å². The maximum Gasteiger partial charge on any atom is 0.248 e. The first-order valence-electron chi connectivity index (χ1n) is 8.04. The predicted octanol–water partition coefficient (Wildman–Crippen LogP) is 2.47. The molecule has 0 aromatic rings. The van der Waals surface area contributed by atoms with Crippen LogP contribution in [-0.4, -0.2) is 49.0 Å². The lowest BCUT2D eigenvalue weighted by molar-refractivity contribution is -0.524. The third-order valence-electron chi connectivity index (χ3n) is 4.01. The van der Waals surface area contributed by atoms with Crippen molar-refractivity contribution < 1.29 is 14.8 Å². The summed E-state index contributed by atoms with van der Waals surface area (Å²) < 4.78 is 5.20. The standard InChI is InChI=1S/C15H30N2O3.CH4O/c1-6-20-10-13(17(18)19)9-16-12-7-14(2,3)11-15(4,5)8-12;1-2/h12-13,16H,6-11H2,1-5H3;2H,1H3. The first kappa shape index (κ1) is 21.3. The molecule has 0 spiro atoms. The van der Waals surface area contributed by atoms with E-state index in [0.29, 0.717) is 30.0 Å². The molecule has 0 saturated heterocycles. The number of nitrogens with zero attached hydrogens (tertiary/aromatic N) is 1. The van der Waals surface area contributed by atoms with E-state index in [9.17, 15) is 10.1 Å². The molecule has 0 bridgehead atoms. The molecule has 1 fully saturated rings. The quantitative estimate of drug-likeness (QED) is 0.556. The molecule has 0 aliphatic heterocycles. The maximum atomic E-state index is 11.0. The monoisotopic (exact) mass is 318 g/mol. The zero-order valence-corrected chi connectivity index (χ0v) is 15.0. The lowest BCUT2D eigenvalue weighted by Gasteiger charge is -2.45. The van der Waals surface area contributed by atoms with Gasteiger partial charge in [0, 0.05) is 24.7 Å². The number of nitro groups is 1. The fourth-order valence-corrected chi connectivity index (χ4v) is 3.74. The Balaban J connectivity index is 0.00000211. The summed E-state index contributed by atoms with van der Waals surface area (Å²) in [6, 6.07) is -0.291. The highest BCUT2D eigenvalue weighted by molar-refractivity contribution is 4.92. The van der Waals surface area contributed by atoms with Crippen LogP contribution < -0.4 is 5.32 Å². The van der Waals surface area contributed by atoms with Crippen molar-refractivity contribution in [3.8, 4) is 0 Å². The predicted molar refractivity (Wildman–Crippen MR) is 88.6 cm³/mol. The van der Waals surface area contributed by atoms with Crippen molar-refractivity contribution in [2.24, 2.45) is 10.8 Å². The lowest BCUT2D eigenvalue weighted by atomic mass is 9.63. The number of rotatable bonds is 7. The van der Waals surface area contributed by atoms with E-state index in [2.05, 4.69) is 33.0 Å². The number of aliphatic hydroxyl groups excluding tert-OH is 1. The molecule has 2 N–H and O–H groups in total. The second-order valence-electron chi connectivity index (χ2n) is 7.62. The summed E-state index contributed by atoms with van der Waals surface area (Å²) in [4.78, 5) is 10.8. The smallest absolute Gasteiger partial charge is 0.248 e. The Morgan fingerprint density at radius 1 is 1.27 bits per heavy atom. The van der Waals surface area contributed by atoms with Crippen molar-refractivity contribution in [1.29, 1.82) is 0 Å². The van der Waals surface area contributed by atoms with Gasteiger partial charge in [-0.15, -0.1) is 0 Å². The Morgan fingerprint density at radius 3 is 2.18 bits per heavy atom. The van der Waals surface area contributed by atoms with Crippen LogP contribution in [0.1, 0.15) is 53.9 Å². The minimum Gasteiger partial charge on any atom is -0.400 e. The normalized spacial score (nSPS) is 21.6. The van der Waals surface area contributed by atoms with Gasteiger partial charge in [0.15, 0.2) is 0 Å². The average molecular weight is 318 g/mol. The van der Waals surface area contributed by atoms with Gasteiger partial charge in [0.25, 0.3) is 0 Å². The van der Waals surface area contributed by atoms with Crippen LogP contribution in [0.15, 0.2) is 0 Å². The van der Waals surface area contributed by atoms with Crippen LogP contribution in [0.2, 0.25) is 0 Å². The van der Waals surface area contributed by atoms with Gasteiger partial charge >= 0.3 is 0 Å². The number of hydrogen-bond acceptors (Lipinski definition) is 5. The van der Waals surface area contributed by atoms with Gasteiger partial charge in [-0.2, -0.15) is 0 Å². The van der Waals surface area contributed by atoms with Crippen LogP contribution in [0.4, 0.5) is 0 Å². The van der Waals surface area contributed by atoms with Gasteiger partial charge in [-0.3, -0.25) is 10.1 Å². The number of hydrogen-bond donors (Lipinski definition) is 2. The molecule has 1 aliphatic rings. The maximum absolute atomic E-state index is 11.0. The van der Waals surface area contributed by atoms with E-state index in [1.54, 1.807) is 0 Å². The lowest BCUT2D eigenvalue weighted by Crippen LogP contribution is -2.47. The summed E-state index contributed by atoms with van der Waals surface area (Å²) in [6.07, 6.45) is 3.36. The summed E-state index contributed by atoms with van der Waals surface area (Å²) in [5.74, 6) is 0. The molecule has 1 aliphatic carbocycles. The third-order valence-corrected chi connectivity index (χ3v) is 4.01. The number of aliphatic hydroxyl groups is 1. The minimum absolute atomic E-state index is 0.190. The number of ether oxygens (including phenoxy) is 1. The SMILES string of the molecule is CCOCC(CNC1CC(C)(C)CC(C)(C)C1)[N+](=O)[O-].CO. The molecule has 0 radical (unpaired) electrons. The summed E-state index contributed by atoms with van der Waals surface area (Å²) in [7, 11) is 1.00. The van der Waals surface area contributed by atoms with Crippen LogP contribution in [-0.2, 0) is 4.74 Å². The summed E-state index contributed by atoms with van der Waals surface area (Å²) in [5.41, 5.74) is 0.590. The third kappa shape index (κ3) is 8.06. The van der Waals surface area contributed by atoms with E-state index >= 15 is 0 Å². The van der Waals surface area contributed by atoms with Crippen LogP contribution in [0.5, 0.6) is 0 Å². The highest BCUT2D eigenvalue weighted by Crippen LogP contribution is 2.45. The molecular weight excluding hydrogens is 284 g/mol. The highest BCUT2D eigenvalue weighted by Gasteiger charge is 2.38. The first-order chi connectivity index (χ1) is 10.2. The first-order valence-corrected chi connectivity index (χ1v) is 8.04. The van der Waals surface area contributed by atoms with E-state index in [1.165, 1.54) is 6.42 Å². The fraction of sp³-hybridized carbons (Fsp3) is 1.00. The molecule has 0 amide bonds. The van der Waals surface area contributed by atoms with Gasteiger partial charge in [0.1, 0.15) is 6.61 Å². The molecule has 6 heteroatoms. The van der Waals surface area contributed by atoms with Crippen LogP contribution in [0, 0.1) is 20.9 Å². The van der Waals surface area contributed by atoms with Crippen molar-refractivity contribution in [2.45, 2.75) is 66.0 Å². The summed E-state index contributed by atoms with van der Waals surface area (Å²) in [6.45, 7) is 12.1. The van der Waals surface area contributed by atoms with E-state index < -0.39 is 6.04 Å². The molecule has 0 aromatic carbocycles. The summed E-state index contributed by atoms with van der Waals surface area (Å²) in [5, 5.41) is 21.4. The zero-order chi connectivity index (χ0) is 17.4. The van der Waals surface area contributed by atoms with Crippen molar-refractivity contribution in [1.82, 2.24) is 5.32 Å². The molecule has 0 aromatic heterocycles. The Morgan fingerprint density at radius 2 is 1.77 bits per heavy atom. The van der Waals surface area contributed by atoms with E-state index in [1.807, 2.05) is 6.92 Å². The van der Waals surface area contributed by atoms with E-state index in [0.717, 1.165) is 20.0 Å². The zero-order valence-electron chi connectivity index (χ0n) is 15.0. The van der Waals surface area contributed by atoms with Gasteiger partial charge in [-0.05, 0) is 37.0 Å². The minimum atomic E-state index is -0.650. The van der Waals surface area contributed by atoms with Gasteiger partial charge in [0.2, 0.25) is 6.04 Å². The molecule has 132 valence electrons. The van der Waals surface area contributed by atoms with Crippen molar-refractivity contribution in [3.63, 3.8) is 0 Å². The summed E-state index contributed by atoms with van der Waals surface area (Å²) >= 11 is 0. The number of nitrogens with one attached hydrogen (secondary N) is 1. The van der Waals surface area contributed by atoms with Crippen LogP contribution in [0.25, 0.3) is 0 Å². The molecule has 0 heterocycles. The van der Waals surface area contributed by atoms with E-state index in [4.69, 9.17) is 9.84 Å². The van der Waals surface area contributed by atoms with Crippen molar-refractivity contribution in [2.75, 3.05) is 26.9 Å². The van der Waals surface area contributed by atoms with Gasteiger partial charge in [0.05, 0.1) is 6.54 Å². The topological polar surface area (TPSA) is 84.6 Å². The molecule has 22 heavy (non-hydrogen) atoms. The molecular formula is C16H34N2O4. The Labute approximate surface area is 134 Å². The second kappa shape index (κ2) is 9.43. The molecule has 1 atom stereocenters. The Bertz CT molecular complexity index is 316. The van der Waals surface area contributed by atoms with E-state index in [-0.39, 0.29) is 11.5 Å². The molecule has 1 unspecified atom stereocenters.